The monoisotopic (exact) mass is 257 g/mol. The lowest BCUT2D eigenvalue weighted by Gasteiger charge is -2.27. The normalized spacial score (nSPS) is 30.4. The Morgan fingerprint density at radius 2 is 2.06 bits per heavy atom. The number of halogens is 2. The minimum Gasteiger partial charge on any atom is -0.313 e. The number of hydrogen-bond acceptors (Lipinski definition) is 1. The molecule has 0 heterocycles. The van der Waals surface area contributed by atoms with Crippen LogP contribution >= 0.6 is 0 Å². The molecule has 104 valence electrons. The summed E-state index contributed by atoms with van der Waals surface area (Å²) in [7, 11) is 1.92. The van der Waals surface area contributed by atoms with Gasteiger partial charge in [-0.2, -0.15) is 0 Å². The molecular formula is C15H25F2N. The molecule has 3 heteroatoms. The van der Waals surface area contributed by atoms with E-state index >= 15 is 0 Å². The molecule has 0 aromatic rings. The van der Waals surface area contributed by atoms with Gasteiger partial charge in [-0.05, 0) is 45.1 Å². The van der Waals surface area contributed by atoms with Crippen LogP contribution < -0.4 is 5.32 Å². The molecule has 18 heavy (non-hydrogen) atoms. The maximum atomic E-state index is 13.4. The SMILES string of the molecule is CNC(C1=CCCCCCC1)C1CCC(F)(F)C1. The van der Waals surface area contributed by atoms with E-state index in [1.807, 2.05) is 7.05 Å². The van der Waals surface area contributed by atoms with Crippen molar-refractivity contribution in [3.8, 4) is 0 Å². The van der Waals surface area contributed by atoms with Crippen LogP contribution in [0.5, 0.6) is 0 Å². The summed E-state index contributed by atoms with van der Waals surface area (Å²) in [6, 6.07) is 0.177. The van der Waals surface area contributed by atoms with Crippen molar-refractivity contribution in [3.05, 3.63) is 11.6 Å². The van der Waals surface area contributed by atoms with E-state index in [0.717, 1.165) is 12.8 Å². The lowest BCUT2D eigenvalue weighted by Crippen LogP contribution is -2.35. The Bertz CT molecular complexity index is 299. The van der Waals surface area contributed by atoms with Crippen LogP contribution in [0.15, 0.2) is 11.6 Å². The van der Waals surface area contributed by atoms with Crippen molar-refractivity contribution in [3.63, 3.8) is 0 Å². The smallest absolute Gasteiger partial charge is 0.248 e. The summed E-state index contributed by atoms with van der Waals surface area (Å²) in [6.07, 6.45) is 10.4. The number of rotatable bonds is 3. The zero-order valence-corrected chi connectivity index (χ0v) is 11.4. The zero-order chi connectivity index (χ0) is 13.0. The summed E-state index contributed by atoms with van der Waals surface area (Å²) < 4.78 is 26.7. The summed E-state index contributed by atoms with van der Waals surface area (Å²) in [5.74, 6) is -2.31. The lowest BCUT2D eigenvalue weighted by atomic mass is 9.86. The van der Waals surface area contributed by atoms with Crippen LogP contribution in [0.25, 0.3) is 0 Å². The first-order valence-corrected chi connectivity index (χ1v) is 7.36. The molecule has 2 unspecified atom stereocenters. The predicted octanol–water partition coefficient (Wildman–Crippen LogP) is 4.29. The van der Waals surface area contributed by atoms with E-state index < -0.39 is 5.92 Å². The first-order valence-electron chi connectivity index (χ1n) is 7.36. The van der Waals surface area contributed by atoms with Crippen molar-refractivity contribution >= 4 is 0 Å². The van der Waals surface area contributed by atoms with E-state index in [-0.39, 0.29) is 24.8 Å². The Morgan fingerprint density at radius 1 is 1.28 bits per heavy atom. The van der Waals surface area contributed by atoms with Gasteiger partial charge < -0.3 is 5.32 Å². The van der Waals surface area contributed by atoms with Crippen LogP contribution in [0.1, 0.15) is 57.8 Å². The van der Waals surface area contributed by atoms with Crippen molar-refractivity contribution in [2.45, 2.75) is 69.8 Å². The van der Waals surface area contributed by atoms with Crippen LogP contribution in [0, 0.1) is 5.92 Å². The maximum absolute atomic E-state index is 13.4. The molecule has 0 radical (unpaired) electrons. The van der Waals surface area contributed by atoms with Gasteiger partial charge in [0.15, 0.2) is 0 Å². The first-order chi connectivity index (χ1) is 8.62. The van der Waals surface area contributed by atoms with Gasteiger partial charge in [0.25, 0.3) is 0 Å². The standard InChI is InChI=1S/C15H25F2N/c1-18-14(13-9-10-15(16,17)11-13)12-7-5-3-2-4-6-8-12/h7,13-14,18H,2-6,8-11H2,1H3. The largest absolute Gasteiger partial charge is 0.313 e. The second-order valence-corrected chi connectivity index (χ2v) is 5.86. The topological polar surface area (TPSA) is 12.0 Å². The summed E-state index contributed by atoms with van der Waals surface area (Å²) in [4.78, 5) is 0. The highest BCUT2D eigenvalue weighted by atomic mass is 19.3. The van der Waals surface area contributed by atoms with E-state index in [4.69, 9.17) is 0 Å². The Labute approximate surface area is 109 Å². The fourth-order valence-electron chi connectivity index (χ4n) is 3.49. The molecule has 1 saturated carbocycles. The molecule has 1 N–H and O–H groups in total. The summed E-state index contributed by atoms with van der Waals surface area (Å²) >= 11 is 0. The highest BCUT2D eigenvalue weighted by molar-refractivity contribution is 5.14. The average Bonchev–Trinajstić information content (AvgIpc) is 2.62. The Morgan fingerprint density at radius 3 is 2.72 bits per heavy atom. The van der Waals surface area contributed by atoms with E-state index in [0.29, 0.717) is 6.42 Å². The van der Waals surface area contributed by atoms with E-state index in [1.54, 1.807) is 0 Å². The molecule has 0 aromatic heterocycles. The Kier molecular flexibility index (Phi) is 4.77. The third kappa shape index (κ3) is 3.53. The Hall–Kier alpha value is -0.440. The molecule has 2 atom stereocenters. The van der Waals surface area contributed by atoms with Gasteiger partial charge in [-0.15, -0.1) is 0 Å². The van der Waals surface area contributed by atoms with Crippen molar-refractivity contribution in [2.24, 2.45) is 5.92 Å². The van der Waals surface area contributed by atoms with Gasteiger partial charge in [0.05, 0.1) is 0 Å². The summed E-state index contributed by atoms with van der Waals surface area (Å²) in [5, 5.41) is 3.30. The van der Waals surface area contributed by atoms with Gasteiger partial charge >= 0.3 is 0 Å². The van der Waals surface area contributed by atoms with Crippen molar-refractivity contribution in [1.29, 1.82) is 0 Å². The van der Waals surface area contributed by atoms with Crippen LogP contribution in [0.3, 0.4) is 0 Å². The van der Waals surface area contributed by atoms with E-state index in [9.17, 15) is 8.78 Å². The maximum Gasteiger partial charge on any atom is 0.248 e. The van der Waals surface area contributed by atoms with Crippen molar-refractivity contribution < 1.29 is 8.78 Å². The quantitative estimate of drug-likeness (QED) is 0.744. The van der Waals surface area contributed by atoms with E-state index in [1.165, 1.54) is 31.3 Å². The highest BCUT2D eigenvalue weighted by Gasteiger charge is 2.42. The first kappa shape index (κ1) is 14.0. The van der Waals surface area contributed by atoms with Gasteiger partial charge in [-0.25, -0.2) is 8.78 Å². The molecule has 0 aromatic carbocycles. The number of likely N-dealkylation sites (N-methyl/N-ethyl adjacent to an activating group) is 1. The number of nitrogens with one attached hydrogen (secondary N) is 1. The van der Waals surface area contributed by atoms with Crippen molar-refractivity contribution in [2.75, 3.05) is 7.05 Å². The van der Waals surface area contributed by atoms with Crippen LogP contribution in [0.2, 0.25) is 0 Å². The molecule has 2 rings (SSSR count). The fraction of sp³-hybridized carbons (Fsp3) is 0.867. The fourth-order valence-corrected chi connectivity index (χ4v) is 3.49. The molecule has 2 aliphatic carbocycles. The highest BCUT2D eigenvalue weighted by Crippen LogP contribution is 2.42. The minimum absolute atomic E-state index is 0.0653. The molecular weight excluding hydrogens is 232 g/mol. The van der Waals surface area contributed by atoms with E-state index in [2.05, 4.69) is 11.4 Å². The molecule has 0 amide bonds. The minimum atomic E-state index is -2.43. The summed E-state index contributed by atoms with van der Waals surface area (Å²) in [5.41, 5.74) is 1.39. The average molecular weight is 257 g/mol. The van der Waals surface area contributed by atoms with Crippen LogP contribution in [-0.2, 0) is 0 Å². The second kappa shape index (κ2) is 6.14. The van der Waals surface area contributed by atoms with Gasteiger partial charge in [0.2, 0.25) is 5.92 Å². The molecule has 1 fully saturated rings. The van der Waals surface area contributed by atoms with Crippen molar-refractivity contribution in [1.82, 2.24) is 5.32 Å². The van der Waals surface area contributed by atoms with Gasteiger partial charge in [0, 0.05) is 18.9 Å². The lowest BCUT2D eigenvalue weighted by molar-refractivity contribution is 0.00396. The molecule has 0 spiro atoms. The van der Waals surface area contributed by atoms with Crippen LogP contribution in [-0.4, -0.2) is 19.0 Å². The molecule has 0 saturated heterocycles. The number of allylic oxidation sites excluding steroid dienone is 1. The third-order valence-corrected chi connectivity index (χ3v) is 4.45. The number of hydrogen-bond donors (Lipinski definition) is 1. The molecule has 0 aliphatic heterocycles. The molecule has 1 nitrogen and oxygen atoms in total. The van der Waals surface area contributed by atoms with Gasteiger partial charge in [-0.3, -0.25) is 0 Å². The Balaban J connectivity index is 2.03. The zero-order valence-electron chi connectivity index (χ0n) is 11.4. The van der Waals surface area contributed by atoms with Gasteiger partial charge in [-0.1, -0.05) is 24.5 Å². The van der Waals surface area contributed by atoms with Gasteiger partial charge in [0.1, 0.15) is 0 Å². The predicted molar refractivity (Wildman–Crippen MR) is 70.9 cm³/mol. The third-order valence-electron chi connectivity index (χ3n) is 4.45. The number of alkyl halides is 2. The summed E-state index contributed by atoms with van der Waals surface area (Å²) in [6.45, 7) is 0. The molecule has 2 aliphatic rings. The second-order valence-electron chi connectivity index (χ2n) is 5.86. The molecule has 0 bridgehead atoms. The van der Waals surface area contributed by atoms with Crippen LogP contribution in [0.4, 0.5) is 8.78 Å².